The van der Waals surface area contributed by atoms with Crippen molar-refractivity contribution >= 4 is 23.8 Å². The number of benzene rings is 3. The van der Waals surface area contributed by atoms with E-state index in [4.69, 9.17) is 4.74 Å². The Morgan fingerprint density at radius 2 is 1.21 bits per heavy atom. The third-order valence-corrected chi connectivity index (χ3v) is 7.70. The van der Waals surface area contributed by atoms with E-state index in [1.54, 1.807) is 20.8 Å². The highest BCUT2D eigenvalue weighted by Gasteiger charge is 2.39. The molecular formula is C24H26NO3P. The lowest BCUT2D eigenvalue weighted by molar-refractivity contribution is 0.0519. The lowest BCUT2D eigenvalue weighted by Gasteiger charge is -2.31. The fraction of sp³-hybridized carbons (Fsp3) is 0.208. The van der Waals surface area contributed by atoms with Crippen LogP contribution in [0.5, 0.6) is 0 Å². The summed E-state index contributed by atoms with van der Waals surface area (Å²) in [5.74, 6) is -0.761. The minimum Gasteiger partial charge on any atom is -0.444 e. The van der Waals surface area contributed by atoms with E-state index in [0.29, 0.717) is 10.6 Å². The Morgan fingerprint density at radius 3 is 1.62 bits per heavy atom. The van der Waals surface area contributed by atoms with Crippen LogP contribution >= 0.6 is 7.14 Å². The van der Waals surface area contributed by atoms with Gasteiger partial charge in [0.05, 0.1) is 0 Å². The van der Waals surface area contributed by atoms with Crippen molar-refractivity contribution in [1.29, 1.82) is 0 Å². The molecule has 3 aromatic carbocycles. The molecule has 3 rings (SSSR count). The molecular weight excluding hydrogens is 381 g/mol. The van der Waals surface area contributed by atoms with Crippen LogP contribution in [0.15, 0.2) is 91.0 Å². The number of hydrogen-bond acceptors (Lipinski definition) is 3. The van der Waals surface area contributed by atoms with Gasteiger partial charge in [-0.2, -0.15) is 0 Å². The van der Waals surface area contributed by atoms with Crippen molar-refractivity contribution in [2.75, 3.05) is 0 Å². The summed E-state index contributed by atoms with van der Waals surface area (Å²) in [5, 5.41) is 4.26. The molecule has 0 heterocycles. The largest absolute Gasteiger partial charge is 0.444 e. The second-order valence-corrected chi connectivity index (χ2v) is 10.7. The summed E-state index contributed by atoms with van der Waals surface area (Å²) in [5.41, 5.74) is 0.101. The van der Waals surface area contributed by atoms with Crippen LogP contribution in [0.3, 0.4) is 0 Å². The van der Waals surface area contributed by atoms with Crippen molar-refractivity contribution in [2.45, 2.75) is 32.2 Å². The molecule has 0 spiro atoms. The summed E-state index contributed by atoms with van der Waals surface area (Å²) in [6.07, 6.45) is -0.599. The zero-order chi connectivity index (χ0) is 20.9. The third kappa shape index (κ3) is 4.96. The van der Waals surface area contributed by atoms with Crippen LogP contribution in [0.4, 0.5) is 4.79 Å². The number of hydrogen-bond donors (Lipinski definition) is 1. The molecule has 4 nitrogen and oxygen atoms in total. The quantitative estimate of drug-likeness (QED) is 0.590. The molecule has 0 aliphatic heterocycles. The van der Waals surface area contributed by atoms with Gasteiger partial charge in [-0.25, -0.2) is 4.79 Å². The average Bonchev–Trinajstić information content (AvgIpc) is 2.72. The van der Waals surface area contributed by atoms with Crippen molar-refractivity contribution < 1.29 is 14.1 Å². The Labute approximate surface area is 172 Å². The Balaban J connectivity index is 2.16. The van der Waals surface area contributed by atoms with Crippen molar-refractivity contribution in [3.05, 3.63) is 96.6 Å². The lowest BCUT2D eigenvalue weighted by Crippen LogP contribution is -2.38. The Bertz CT molecular complexity index is 939. The van der Waals surface area contributed by atoms with Crippen molar-refractivity contribution in [1.82, 2.24) is 5.32 Å². The topological polar surface area (TPSA) is 55.4 Å². The summed E-state index contributed by atoms with van der Waals surface area (Å²) >= 11 is 0. The van der Waals surface area contributed by atoms with Gasteiger partial charge >= 0.3 is 6.09 Å². The maximum Gasteiger partial charge on any atom is 0.408 e. The standard InChI is InChI=1S/C24H26NO3P/c1-24(2,3)28-23(26)25-22(19-13-7-4-8-14-19)29(27,20-15-9-5-10-16-20)21-17-11-6-12-18-21/h4-18,22H,1-3H3,(H,25,26)/t22-/m0/s1. The molecule has 150 valence electrons. The van der Waals surface area contributed by atoms with E-state index in [-0.39, 0.29) is 0 Å². The SMILES string of the molecule is CC(C)(C)OC(=O)N[C@H](c1ccccc1)P(=O)(c1ccccc1)c1ccccc1. The first-order chi connectivity index (χ1) is 13.8. The molecule has 29 heavy (non-hydrogen) atoms. The molecule has 0 aromatic heterocycles. The Kier molecular flexibility index (Phi) is 6.24. The van der Waals surface area contributed by atoms with Crippen LogP contribution in [0.2, 0.25) is 0 Å². The van der Waals surface area contributed by atoms with Crippen molar-refractivity contribution in [3.63, 3.8) is 0 Å². The van der Waals surface area contributed by atoms with E-state index in [1.165, 1.54) is 0 Å². The molecule has 0 fully saturated rings. The summed E-state index contributed by atoms with van der Waals surface area (Å²) in [4.78, 5) is 12.7. The van der Waals surface area contributed by atoms with E-state index < -0.39 is 24.6 Å². The monoisotopic (exact) mass is 407 g/mol. The maximum absolute atomic E-state index is 14.7. The molecule has 0 saturated heterocycles. The van der Waals surface area contributed by atoms with Gasteiger partial charge in [0, 0.05) is 10.6 Å². The second kappa shape index (κ2) is 8.67. The fourth-order valence-corrected chi connectivity index (χ4v) is 6.19. The van der Waals surface area contributed by atoms with Gasteiger partial charge in [-0.3, -0.25) is 0 Å². The number of alkyl carbamates (subject to hydrolysis) is 1. The third-order valence-electron chi connectivity index (χ3n) is 4.41. The van der Waals surface area contributed by atoms with Crippen LogP contribution < -0.4 is 15.9 Å². The van der Waals surface area contributed by atoms with Crippen LogP contribution in [-0.2, 0) is 9.30 Å². The van der Waals surface area contributed by atoms with Crippen LogP contribution in [0, 0.1) is 0 Å². The molecule has 1 amide bonds. The highest BCUT2D eigenvalue weighted by Crippen LogP contribution is 2.55. The van der Waals surface area contributed by atoms with Crippen LogP contribution in [-0.4, -0.2) is 11.7 Å². The Morgan fingerprint density at radius 1 is 0.793 bits per heavy atom. The van der Waals surface area contributed by atoms with E-state index in [0.717, 1.165) is 5.56 Å². The van der Waals surface area contributed by atoms with Gasteiger partial charge in [0.1, 0.15) is 11.4 Å². The van der Waals surface area contributed by atoms with Gasteiger partial charge in [-0.05, 0) is 26.3 Å². The predicted molar refractivity (Wildman–Crippen MR) is 118 cm³/mol. The zero-order valence-corrected chi connectivity index (χ0v) is 17.8. The molecule has 0 unspecified atom stereocenters. The molecule has 0 bridgehead atoms. The van der Waals surface area contributed by atoms with E-state index in [1.807, 2.05) is 91.0 Å². The number of ether oxygens (including phenoxy) is 1. The Hall–Kier alpha value is -2.84. The number of carbonyl (C=O) groups excluding carboxylic acids is 1. The summed E-state index contributed by atoms with van der Waals surface area (Å²) < 4.78 is 20.2. The van der Waals surface area contributed by atoms with Gasteiger partial charge in [-0.1, -0.05) is 91.0 Å². The molecule has 0 aliphatic rings. The summed E-state index contributed by atoms with van der Waals surface area (Å²) in [6, 6.07) is 28.0. The highest BCUT2D eigenvalue weighted by atomic mass is 31.2. The molecule has 5 heteroatoms. The van der Waals surface area contributed by atoms with Crippen molar-refractivity contribution in [3.8, 4) is 0 Å². The molecule has 0 radical (unpaired) electrons. The first kappa shape index (κ1) is 20.9. The number of nitrogens with one attached hydrogen (secondary N) is 1. The first-order valence-electron chi connectivity index (χ1n) is 9.56. The van der Waals surface area contributed by atoms with Gasteiger partial charge in [0.15, 0.2) is 7.14 Å². The minimum atomic E-state index is -3.29. The van der Waals surface area contributed by atoms with Crippen LogP contribution in [0.1, 0.15) is 32.1 Å². The molecule has 3 aromatic rings. The van der Waals surface area contributed by atoms with Crippen molar-refractivity contribution in [2.24, 2.45) is 0 Å². The molecule has 0 saturated carbocycles. The van der Waals surface area contributed by atoms with E-state index in [9.17, 15) is 9.36 Å². The van der Waals surface area contributed by atoms with Gasteiger partial charge in [0.25, 0.3) is 0 Å². The number of amides is 1. The normalized spacial score (nSPS) is 12.8. The van der Waals surface area contributed by atoms with E-state index >= 15 is 0 Å². The molecule has 1 atom stereocenters. The molecule has 0 aliphatic carbocycles. The van der Waals surface area contributed by atoms with Gasteiger partial charge in [0.2, 0.25) is 0 Å². The van der Waals surface area contributed by atoms with Crippen LogP contribution in [0.25, 0.3) is 0 Å². The number of carbonyl (C=O) groups is 1. The fourth-order valence-electron chi connectivity index (χ4n) is 3.18. The maximum atomic E-state index is 14.7. The van der Waals surface area contributed by atoms with Gasteiger partial charge in [-0.15, -0.1) is 0 Å². The summed E-state index contributed by atoms with van der Waals surface area (Å²) in [6.45, 7) is 5.41. The average molecular weight is 407 g/mol. The second-order valence-electron chi connectivity index (χ2n) is 7.79. The lowest BCUT2D eigenvalue weighted by atomic mass is 10.2. The van der Waals surface area contributed by atoms with E-state index in [2.05, 4.69) is 5.32 Å². The smallest absolute Gasteiger partial charge is 0.408 e. The molecule has 1 N–H and O–H groups in total. The van der Waals surface area contributed by atoms with Gasteiger partial charge < -0.3 is 14.6 Å². The first-order valence-corrected chi connectivity index (χ1v) is 11.3. The zero-order valence-electron chi connectivity index (χ0n) is 16.9. The number of rotatable bonds is 5. The predicted octanol–water partition coefficient (Wildman–Crippen LogP) is 5.22. The summed E-state index contributed by atoms with van der Waals surface area (Å²) in [7, 11) is -3.29. The minimum absolute atomic E-state index is 0.599. The highest BCUT2D eigenvalue weighted by molar-refractivity contribution is 7.79.